The van der Waals surface area contributed by atoms with Gasteiger partial charge in [-0.1, -0.05) is 89.1 Å². The van der Waals surface area contributed by atoms with Gasteiger partial charge < -0.3 is 9.47 Å². The molecular formula is C29H40N2O. The number of rotatable bonds is 7. The lowest BCUT2D eigenvalue weighted by atomic mass is 10.2. The van der Waals surface area contributed by atoms with E-state index in [1.165, 1.54) is 25.7 Å². The maximum atomic E-state index is 13.5. The van der Waals surface area contributed by atoms with E-state index in [0.717, 1.165) is 35.1 Å². The predicted molar refractivity (Wildman–Crippen MR) is 137 cm³/mol. The Balaban J connectivity index is 0.000000547. The first-order chi connectivity index (χ1) is 15.6. The summed E-state index contributed by atoms with van der Waals surface area (Å²) in [7, 11) is 0. The molecule has 172 valence electrons. The normalized spacial score (nSPS) is 12.2. The molecule has 1 aliphatic rings. The molecule has 0 unspecified atom stereocenters. The molecule has 0 bridgehead atoms. The molecule has 0 spiro atoms. The van der Waals surface area contributed by atoms with Crippen LogP contribution in [0.5, 0.6) is 0 Å². The average molecular weight is 433 g/mol. The van der Waals surface area contributed by atoms with Crippen LogP contribution in [-0.4, -0.2) is 10.5 Å². The molecule has 1 saturated carbocycles. The summed E-state index contributed by atoms with van der Waals surface area (Å²) in [5, 5.41) is 0. The van der Waals surface area contributed by atoms with Crippen molar-refractivity contribution in [2.24, 2.45) is 5.92 Å². The lowest BCUT2D eigenvalue weighted by Gasteiger charge is -2.24. The minimum absolute atomic E-state index is 0.0637. The molecule has 2 aromatic carbocycles. The van der Waals surface area contributed by atoms with Crippen LogP contribution in [0.25, 0.3) is 0 Å². The van der Waals surface area contributed by atoms with E-state index >= 15 is 0 Å². The zero-order valence-electron chi connectivity index (χ0n) is 20.6. The largest absolute Gasteiger partial charge is 0.341 e. The summed E-state index contributed by atoms with van der Waals surface area (Å²) in [6.45, 7) is 12.0. The van der Waals surface area contributed by atoms with Crippen LogP contribution in [0.15, 0.2) is 72.8 Å². The first kappa shape index (κ1) is 25.5. The summed E-state index contributed by atoms with van der Waals surface area (Å²) >= 11 is 0. The van der Waals surface area contributed by atoms with Crippen molar-refractivity contribution in [3.05, 3.63) is 89.7 Å². The number of aromatic nitrogens is 1. The number of hydrogen-bond donors (Lipinski definition) is 0. The predicted octanol–water partition coefficient (Wildman–Crippen LogP) is 7.89. The molecule has 3 nitrogen and oxygen atoms in total. The highest BCUT2D eigenvalue weighted by molar-refractivity contribution is 6.05. The third-order valence-corrected chi connectivity index (χ3v) is 5.55. The van der Waals surface area contributed by atoms with Gasteiger partial charge in [0.1, 0.15) is 5.69 Å². The second-order valence-electron chi connectivity index (χ2n) is 8.13. The number of unbranched alkanes of at least 4 members (excludes halogenated alkanes) is 1. The van der Waals surface area contributed by atoms with E-state index in [0.29, 0.717) is 6.54 Å². The minimum atomic E-state index is 0.0637. The molecule has 0 N–H and O–H groups in total. The van der Waals surface area contributed by atoms with Gasteiger partial charge in [-0.05, 0) is 55.5 Å². The molecule has 1 fully saturated rings. The maximum absolute atomic E-state index is 13.5. The number of nitrogens with zero attached hydrogens (tertiary/aromatic N) is 2. The Labute approximate surface area is 195 Å². The lowest BCUT2D eigenvalue weighted by Crippen LogP contribution is -2.32. The van der Waals surface area contributed by atoms with Gasteiger partial charge in [-0.15, -0.1) is 0 Å². The monoisotopic (exact) mass is 432 g/mol. The first-order valence-corrected chi connectivity index (χ1v) is 12.2. The van der Waals surface area contributed by atoms with E-state index in [-0.39, 0.29) is 5.91 Å². The van der Waals surface area contributed by atoms with Crippen LogP contribution in [0.4, 0.5) is 5.69 Å². The molecule has 4 rings (SSSR count). The Bertz CT molecular complexity index is 909. The molecule has 3 heteroatoms. The molecule has 0 radical (unpaired) electrons. The molecule has 0 saturated heterocycles. The van der Waals surface area contributed by atoms with Crippen LogP contribution in [0.1, 0.15) is 75.1 Å². The van der Waals surface area contributed by atoms with Crippen LogP contribution in [0.3, 0.4) is 0 Å². The average Bonchev–Trinajstić information content (AvgIpc) is 3.61. The van der Waals surface area contributed by atoms with Gasteiger partial charge in [0.2, 0.25) is 0 Å². The van der Waals surface area contributed by atoms with Gasteiger partial charge in [0.25, 0.3) is 5.91 Å². The Morgan fingerprint density at radius 3 is 1.97 bits per heavy atom. The van der Waals surface area contributed by atoms with Crippen molar-refractivity contribution in [1.82, 2.24) is 4.57 Å². The van der Waals surface area contributed by atoms with Crippen LogP contribution in [0.2, 0.25) is 0 Å². The number of para-hydroxylation sites is 1. The summed E-state index contributed by atoms with van der Waals surface area (Å²) in [6, 6.07) is 24.1. The quantitative estimate of drug-likeness (QED) is 0.373. The van der Waals surface area contributed by atoms with Crippen LogP contribution >= 0.6 is 0 Å². The van der Waals surface area contributed by atoms with Gasteiger partial charge in [0.05, 0.1) is 6.54 Å². The molecular weight excluding hydrogens is 392 g/mol. The van der Waals surface area contributed by atoms with Crippen LogP contribution in [-0.2, 0) is 13.1 Å². The van der Waals surface area contributed by atoms with Gasteiger partial charge in [-0.25, -0.2) is 0 Å². The molecule has 0 atom stereocenters. The van der Waals surface area contributed by atoms with Gasteiger partial charge >= 0.3 is 0 Å². The highest BCUT2D eigenvalue weighted by atomic mass is 16.2. The lowest BCUT2D eigenvalue weighted by molar-refractivity contribution is 0.0975. The van der Waals surface area contributed by atoms with Gasteiger partial charge in [0.15, 0.2) is 0 Å². The van der Waals surface area contributed by atoms with Crippen molar-refractivity contribution < 1.29 is 4.79 Å². The number of carbonyl (C=O) groups is 1. The van der Waals surface area contributed by atoms with Gasteiger partial charge in [-0.3, -0.25) is 4.79 Å². The van der Waals surface area contributed by atoms with Gasteiger partial charge in [-0.2, -0.15) is 0 Å². The van der Waals surface area contributed by atoms with Crippen molar-refractivity contribution >= 4 is 11.6 Å². The zero-order valence-corrected chi connectivity index (χ0v) is 20.6. The number of amides is 1. The standard InChI is InChI=1S/C23H24N2O.C4H10.C2H6/c1-18-12-15-22(24(18)16-20-13-14-20)23(26)25(21-10-6-3-7-11-21)17-19-8-4-2-5-9-19;1-3-4-2;1-2/h2-12,15,20H,13-14,16-17H2,1H3;3-4H2,1-2H3;1-2H3. The number of benzene rings is 2. The van der Waals surface area contributed by atoms with E-state index in [1.54, 1.807) is 0 Å². The highest BCUT2D eigenvalue weighted by Gasteiger charge is 2.27. The van der Waals surface area contributed by atoms with Crippen LogP contribution < -0.4 is 4.90 Å². The SMILES string of the molecule is CC.CCCC.Cc1ccc(C(=O)N(Cc2ccccc2)c2ccccc2)n1CC1CC1. The fourth-order valence-corrected chi connectivity index (χ4v) is 3.35. The van der Waals surface area contributed by atoms with Crippen molar-refractivity contribution in [3.63, 3.8) is 0 Å². The summed E-state index contributed by atoms with van der Waals surface area (Å²) in [5.41, 5.74) is 4.00. The highest BCUT2D eigenvalue weighted by Crippen LogP contribution is 2.32. The van der Waals surface area contributed by atoms with Crippen molar-refractivity contribution in [2.75, 3.05) is 4.90 Å². The molecule has 1 amide bonds. The topological polar surface area (TPSA) is 25.2 Å². The van der Waals surface area contributed by atoms with E-state index in [1.807, 2.05) is 73.3 Å². The van der Waals surface area contributed by atoms with Crippen molar-refractivity contribution in [3.8, 4) is 0 Å². The zero-order chi connectivity index (χ0) is 23.3. The van der Waals surface area contributed by atoms with Crippen LogP contribution in [0, 0.1) is 12.8 Å². The second-order valence-corrected chi connectivity index (χ2v) is 8.13. The fourth-order valence-electron chi connectivity index (χ4n) is 3.35. The number of aryl methyl sites for hydroxylation is 1. The number of carbonyl (C=O) groups excluding carboxylic acids is 1. The molecule has 1 heterocycles. The molecule has 32 heavy (non-hydrogen) atoms. The summed E-state index contributed by atoms with van der Waals surface area (Å²) in [6.07, 6.45) is 5.19. The van der Waals surface area contributed by atoms with E-state index < -0.39 is 0 Å². The second kappa shape index (κ2) is 13.6. The number of anilines is 1. The Morgan fingerprint density at radius 1 is 0.875 bits per heavy atom. The molecule has 3 aromatic rings. The van der Waals surface area contributed by atoms with Crippen molar-refractivity contribution in [1.29, 1.82) is 0 Å². The smallest absolute Gasteiger partial charge is 0.275 e. The summed E-state index contributed by atoms with van der Waals surface area (Å²) in [5.74, 6) is 0.792. The Morgan fingerprint density at radius 2 is 1.44 bits per heavy atom. The molecule has 0 aliphatic heterocycles. The maximum Gasteiger partial charge on any atom is 0.275 e. The van der Waals surface area contributed by atoms with E-state index in [9.17, 15) is 4.79 Å². The van der Waals surface area contributed by atoms with E-state index in [2.05, 4.69) is 43.5 Å². The Hall–Kier alpha value is -2.81. The third-order valence-electron chi connectivity index (χ3n) is 5.55. The van der Waals surface area contributed by atoms with Crippen molar-refractivity contribution in [2.45, 2.75) is 73.4 Å². The fraction of sp³-hybridized carbons (Fsp3) is 0.414. The van der Waals surface area contributed by atoms with E-state index in [4.69, 9.17) is 0 Å². The molecule has 1 aromatic heterocycles. The molecule has 1 aliphatic carbocycles. The minimum Gasteiger partial charge on any atom is -0.341 e. The third kappa shape index (κ3) is 7.40. The summed E-state index contributed by atoms with van der Waals surface area (Å²) in [4.78, 5) is 15.4. The first-order valence-electron chi connectivity index (χ1n) is 12.2. The number of hydrogen-bond acceptors (Lipinski definition) is 1. The summed E-state index contributed by atoms with van der Waals surface area (Å²) < 4.78 is 2.20. The Kier molecular flexibility index (Phi) is 10.8. The van der Waals surface area contributed by atoms with Gasteiger partial charge in [0, 0.05) is 17.9 Å².